The van der Waals surface area contributed by atoms with Crippen molar-refractivity contribution in [3.8, 4) is 0 Å². The fraction of sp³-hybridized carbons (Fsp3) is 0.875. The Labute approximate surface area is 132 Å². The van der Waals surface area contributed by atoms with Gasteiger partial charge >= 0.3 is 0 Å². The summed E-state index contributed by atoms with van der Waals surface area (Å²) in [6.07, 6.45) is 8.77. The van der Waals surface area contributed by atoms with E-state index in [2.05, 4.69) is 11.6 Å². The first-order valence-corrected chi connectivity index (χ1v) is 9.49. The van der Waals surface area contributed by atoms with Gasteiger partial charge in [0.05, 0.1) is 0 Å². The van der Waals surface area contributed by atoms with E-state index in [-0.39, 0.29) is 17.9 Å². The average Bonchev–Trinajstić information content (AvgIpc) is 2.47. The first-order valence-electron chi connectivity index (χ1n) is 8.10. The normalized spacial score (nSPS) is 26.8. The molecule has 4 nitrogen and oxygen atoms in total. The molecular weight excluding hydrogens is 284 g/mol. The molecule has 0 aromatic heterocycles. The van der Waals surface area contributed by atoms with Gasteiger partial charge in [-0.1, -0.05) is 19.3 Å². The molecular formula is C16H28N2O2S. The molecule has 1 saturated heterocycles. The molecule has 1 unspecified atom stereocenters. The summed E-state index contributed by atoms with van der Waals surface area (Å²) in [7, 11) is 0. The van der Waals surface area contributed by atoms with Crippen LogP contribution in [0.2, 0.25) is 0 Å². The lowest BCUT2D eigenvalue weighted by atomic mass is 9.81. The molecule has 0 bridgehead atoms. The number of hydrogen-bond donors (Lipinski definition) is 1. The molecule has 2 fully saturated rings. The van der Waals surface area contributed by atoms with Gasteiger partial charge in [-0.25, -0.2) is 0 Å². The Kier molecular flexibility index (Phi) is 5.58. The van der Waals surface area contributed by atoms with Crippen LogP contribution in [0.5, 0.6) is 0 Å². The number of piperazine rings is 1. The summed E-state index contributed by atoms with van der Waals surface area (Å²) >= 11 is 1.78. The fourth-order valence-electron chi connectivity index (χ4n) is 3.49. The van der Waals surface area contributed by atoms with Crippen LogP contribution in [0.3, 0.4) is 0 Å². The Balaban J connectivity index is 2.11. The van der Waals surface area contributed by atoms with Crippen molar-refractivity contribution in [3.05, 3.63) is 0 Å². The lowest BCUT2D eigenvalue weighted by Crippen LogP contribution is -2.70. The van der Waals surface area contributed by atoms with E-state index in [1.807, 2.05) is 18.7 Å². The molecule has 2 aliphatic rings. The van der Waals surface area contributed by atoms with Gasteiger partial charge in [-0.15, -0.1) is 0 Å². The first-order chi connectivity index (χ1) is 9.98. The van der Waals surface area contributed by atoms with E-state index in [0.717, 1.165) is 25.0 Å². The molecule has 5 heteroatoms. The lowest BCUT2D eigenvalue weighted by molar-refractivity contribution is -0.157. The van der Waals surface area contributed by atoms with E-state index in [4.69, 9.17) is 0 Å². The predicted molar refractivity (Wildman–Crippen MR) is 87.3 cm³/mol. The second-order valence-corrected chi connectivity index (χ2v) is 7.73. The topological polar surface area (TPSA) is 49.4 Å². The molecule has 120 valence electrons. The summed E-state index contributed by atoms with van der Waals surface area (Å²) in [6, 6.07) is -0.292. The molecule has 0 aromatic carbocycles. The van der Waals surface area contributed by atoms with Crippen LogP contribution in [0.1, 0.15) is 52.4 Å². The van der Waals surface area contributed by atoms with Gasteiger partial charge in [-0.05, 0) is 51.0 Å². The van der Waals surface area contributed by atoms with Crippen molar-refractivity contribution in [1.82, 2.24) is 10.2 Å². The third-order valence-electron chi connectivity index (χ3n) is 4.90. The Morgan fingerprint density at radius 3 is 2.52 bits per heavy atom. The Bertz CT molecular complexity index is 392. The number of carbonyl (C=O) groups is 2. The second kappa shape index (κ2) is 7.03. The Hall–Kier alpha value is -0.710. The third-order valence-corrected chi connectivity index (χ3v) is 5.60. The monoisotopic (exact) mass is 312 g/mol. The highest BCUT2D eigenvalue weighted by molar-refractivity contribution is 7.98. The first kappa shape index (κ1) is 16.7. The Morgan fingerprint density at radius 2 is 1.90 bits per heavy atom. The molecule has 2 amide bonds. The number of nitrogens with one attached hydrogen (secondary N) is 1. The molecule has 0 radical (unpaired) electrons. The minimum atomic E-state index is -0.722. The van der Waals surface area contributed by atoms with E-state index >= 15 is 0 Å². The van der Waals surface area contributed by atoms with Gasteiger partial charge in [-0.2, -0.15) is 11.8 Å². The minimum absolute atomic E-state index is 0.00169. The molecule has 1 saturated carbocycles. The molecule has 1 aliphatic heterocycles. The maximum Gasteiger partial charge on any atom is 0.246 e. The summed E-state index contributed by atoms with van der Waals surface area (Å²) in [6.45, 7) is 4.40. The molecule has 1 heterocycles. The number of carbonyl (C=O) groups excluding carboxylic acids is 2. The van der Waals surface area contributed by atoms with Crippen molar-refractivity contribution >= 4 is 23.6 Å². The number of hydrogen-bond acceptors (Lipinski definition) is 3. The summed E-state index contributed by atoms with van der Waals surface area (Å²) in [5.41, 5.74) is -0.722. The molecule has 2 rings (SSSR count). The zero-order chi connectivity index (χ0) is 15.5. The van der Waals surface area contributed by atoms with E-state index in [0.29, 0.717) is 12.5 Å². The SMILES string of the molecule is CSCCCN1C(=O)C(C2CCCCC2)NC(=O)C1(C)C. The van der Waals surface area contributed by atoms with Crippen molar-refractivity contribution in [3.63, 3.8) is 0 Å². The second-order valence-electron chi connectivity index (χ2n) is 6.74. The smallest absolute Gasteiger partial charge is 0.246 e. The van der Waals surface area contributed by atoms with Gasteiger partial charge in [0.1, 0.15) is 11.6 Å². The molecule has 0 spiro atoms. The van der Waals surface area contributed by atoms with Crippen LogP contribution < -0.4 is 5.32 Å². The Morgan fingerprint density at radius 1 is 1.24 bits per heavy atom. The van der Waals surface area contributed by atoms with E-state index < -0.39 is 5.54 Å². The predicted octanol–water partition coefficient (Wildman–Crippen LogP) is 2.43. The summed E-state index contributed by atoms with van der Waals surface area (Å²) in [5, 5.41) is 3.01. The highest BCUT2D eigenvalue weighted by Crippen LogP contribution is 2.31. The van der Waals surface area contributed by atoms with E-state index in [1.165, 1.54) is 19.3 Å². The molecule has 1 atom stereocenters. The molecule has 1 N–H and O–H groups in total. The zero-order valence-corrected chi connectivity index (χ0v) is 14.3. The van der Waals surface area contributed by atoms with Crippen LogP contribution in [0.15, 0.2) is 0 Å². The summed E-state index contributed by atoms with van der Waals surface area (Å²) in [4.78, 5) is 27.2. The van der Waals surface area contributed by atoms with E-state index in [9.17, 15) is 9.59 Å². The van der Waals surface area contributed by atoms with Gasteiger partial charge in [0.2, 0.25) is 11.8 Å². The fourth-order valence-corrected chi connectivity index (χ4v) is 3.91. The van der Waals surface area contributed by atoms with Crippen LogP contribution in [0, 0.1) is 5.92 Å². The molecule has 0 aromatic rings. The largest absolute Gasteiger partial charge is 0.342 e. The van der Waals surface area contributed by atoms with Crippen molar-refractivity contribution in [1.29, 1.82) is 0 Å². The average molecular weight is 312 g/mol. The number of rotatable bonds is 5. The van der Waals surface area contributed by atoms with Crippen LogP contribution in [0.4, 0.5) is 0 Å². The standard InChI is InChI=1S/C16H28N2O2S/c1-16(2)15(20)17-13(12-8-5-4-6-9-12)14(19)18(16)10-7-11-21-3/h12-13H,4-11H2,1-3H3,(H,17,20). The van der Waals surface area contributed by atoms with Crippen molar-refractivity contribution in [2.75, 3.05) is 18.6 Å². The van der Waals surface area contributed by atoms with Gasteiger partial charge in [0.25, 0.3) is 0 Å². The van der Waals surface area contributed by atoms with Crippen LogP contribution in [-0.2, 0) is 9.59 Å². The van der Waals surface area contributed by atoms with Crippen LogP contribution in [0.25, 0.3) is 0 Å². The maximum atomic E-state index is 12.9. The third kappa shape index (κ3) is 3.55. The quantitative estimate of drug-likeness (QED) is 0.793. The number of nitrogens with zero attached hydrogens (tertiary/aromatic N) is 1. The zero-order valence-electron chi connectivity index (χ0n) is 13.5. The molecule has 1 aliphatic carbocycles. The highest BCUT2D eigenvalue weighted by Gasteiger charge is 2.48. The van der Waals surface area contributed by atoms with Crippen LogP contribution in [-0.4, -0.2) is 46.8 Å². The summed E-state index contributed by atoms with van der Waals surface area (Å²) < 4.78 is 0. The maximum absolute atomic E-state index is 12.9. The van der Waals surface area contributed by atoms with Crippen molar-refractivity contribution in [2.24, 2.45) is 5.92 Å². The van der Waals surface area contributed by atoms with Crippen LogP contribution >= 0.6 is 11.8 Å². The number of amides is 2. The van der Waals surface area contributed by atoms with Crippen molar-refractivity contribution in [2.45, 2.75) is 64.0 Å². The van der Waals surface area contributed by atoms with Gasteiger partial charge in [0.15, 0.2) is 0 Å². The minimum Gasteiger partial charge on any atom is -0.342 e. The van der Waals surface area contributed by atoms with E-state index in [1.54, 1.807) is 11.8 Å². The van der Waals surface area contributed by atoms with Gasteiger partial charge in [-0.3, -0.25) is 9.59 Å². The highest BCUT2D eigenvalue weighted by atomic mass is 32.2. The van der Waals surface area contributed by atoms with Gasteiger partial charge < -0.3 is 10.2 Å². The summed E-state index contributed by atoms with van der Waals surface area (Å²) in [5.74, 6) is 1.49. The van der Waals surface area contributed by atoms with Gasteiger partial charge in [0, 0.05) is 6.54 Å². The lowest BCUT2D eigenvalue weighted by Gasteiger charge is -2.46. The van der Waals surface area contributed by atoms with Crippen molar-refractivity contribution < 1.29 is 9.59 Å². The number of thioether (sulfide) groups is 1. The molecule has 21 heavy (non-hydrogen) atoms.